The Hall–Kier alpha value is -1.92. The van der Waals surface area contributed by atoms with Crippen LogP contribution in [-0.2, 0) is 33.2 Å². The molecule has 134 valence electrons. The third-order valence-electron chi connectivity index (χ3n) is 4.13. The van der Waals surface area contributed by atoms with Gasteiger partial charge in [-0.2, -0.15) is 13.5 Å². The van der Waals surface area contributed by atoms with Crippen LogP contribution in [0, 0.1) is 5.92 Å². The monoisotopic (exact) mass is 363 g/mol. The minimum absolute atomic E-state index is 0.138. The normalized spacial score (nSPS) is 26.6. The summed E-state index contributed by atoms with van der Waals surface area (Å²) in [6.07, 6.45) is 2.11. The Morgan fingerprint density at radius 1 is 1.21 bits per heavy atom. The van der Waals surface area contributed by atoms with Crippen LogP contribution in [0.15, 0.2) is 0 Å². The van der Waals surface area contributed by atoms with Crippen LogP contribution in [0.1, 0.15) is 25.7 Å². The molecule has 3 aliphatic rings. The average Bonchev–Trinajstić information content (AvgIpc) is 3.33. The lowest BCUT2D eigenvalue weighted by Gasteiger charge is -2.27. The second-order valence-electron chi connectivity index (χ2n) is 5.87. The van der Waals surface area contributed by atoms with E-state index in [0.717, 1.165) is 0 Å². The van der Waals surface area contributed by atoms with E-state index >= 15 is 0 Å². The van der Waals surface area contributed by atoms with E-state index in [1.54, 1.807) is 0 Å². The quantitative estimate of drug-likeness (QED) is 0.440. The number of primary amides is 1. The summed E-state index contributed by atoms with van der Waals surface area (Å²) in [6, 6.07) is -2.09. The first-order valence-corrected chi connectivity index (χ1v) is 8.76. The summed E-state index contributed by atoms with van der Waals surface area (Å²) in [5, 5.41) is 0.654. The molecule has 24 heavy (non-hydrogen) atoms. The number of piperidine rings is 1. The summed E-state index contributed by atoms with van der Waals surface area (Å²) in [5.41, 5.74) is 5.23. The molecule has 1 aliphatic carbocycles. The highest BCUT2D eigenvalue weighted by atomic mass is 32.3. The van der Waals surface area contributed by atoms with Crippen molar-refractivity contribution in [1.29, 1.82) is 0 Å². The Bertz CT molecular complexity index is 661. The van der Waals surface area contributed by atoms with E-state index in [9.17, 15) is 22.8 Å². The first-order chi connectivity index (χ1) is 11.3. The van der Waals surface area contributed by atoms with E-state index in [4.69, 9.17) is 5.73 Å². The van der Waals surface area contributed by atoms with Crippen molar-refractivity contribution in [1.82, 2.24) is 9.96 Å². The first kappa shape index (κ1) is 16.9. The highest BCUT2D eigenvalue weighted by molar-refractivity contribution is 7.81. The Balaban J connectivity index is 1.55. The molecule has 3 fully saturated rings. The van der Waals surface area contributed by atoms with Crippen LogP contribution in [0.2, 0.25) is 0 Å². The van der Waals surface area contributed by atoms with Gasteiger partial charge in [0.15, 0.2) is 0 Å². The Morgan fingerprint density at radius 3 is 2.54 bits per heavy atom. The lowest BCUT2D eigenvalue weighted by Crippen LogP contribution is -2.47. The number of ether oxygens (including phenoxy) is 1. The van der Waals surface area contributed by atoms with Gasteiger partial charge >= 0.3 is 22.4 Å². The van der Waals surface area contributed by atoms with E-state index in [1.807, 2.05) is 0 Å². The van der Waals surface area contributed by atoms with Crippen LogP contribution in [0.3, 0.4) is 0 Å². The molecule has 0 aromatic carbocycles. The smallest absolute Gasteiger partial charge is 0.424 e. The molecule has 0 aromatic heterocycles. The molecule has 0 aromatic rings. The van der Waals surface area contributed by atoms with Crippen molar-refractivity contribution in [3.05, 3.63) is 0 Å². The zero-order valence-electron chi connectivity index (χ0n) is 12.6. The van der Waals surface area contributed by atoms with Crippen LogP contribution < -0.4 is 5.73 Å². The zero-order valence-corrected chi connectivity index (χ0v) is 13.4. The molecular weight excluding hydrogens is 346 g/mol. The fourth-order valence-corrected chi connectivity index (χ4v) is 3.31. The highest BCUT2D eigenvalue weighted by Gasteiger charge is 2.49. The van der Waals surface area contributed by atoms with E-state index < -0.39 is 47.2 Å². The molecule has 3 amide bonds. The van der Waals surface area contributed by atoms with Gasteiger partial charge in [0.25, 0.3) is 0 Å². The fourth-order valence-electron chi connectivity index (χ4n) is 2.72. The third-order valence-corrected chi connectivity index (χ3v) is 4.86. The molecule has 3 rings (SSSR count). The van der Waals surface area contributed by atoms with Crippen molar-refractivity contribution in [2.24, 2.45) is 11.7 Å². The maximum atomic E-state index is 12.2. The van der Waals surface area contributed by atoms with Gasteiger partial charge < -0.3 is 15.4 Å². The molecule has 2 bridgehead atoms. The van der Waals surface area contributed by atoms with Gasteiger partial charge in [-0.3, -0.25) is 9.59 Å². The molecule has 11 nitrogen and oxygen atoms in total. The fraction of sp³-hybridized carbons (Fsp3) is 0.750. The van der Waals surface area contributed by atoms with Gasteiger partial charge in [-0.05, 0) is 25.7 Å². The molecule has 2 N–H and O–H groups in total. The Labute approximate surface area is 137 Å². The van der Waals surface area contributed by atoms with Gasteiger partial charge in [-0.1, -0.05) is 0 Å². The molecule has 0 radical (unpaired) electrons. The Morgan fingerprint density at radius 2 is 1.92 bits per heavy atom. The number of carbonyl (C=O) groups excluding carboxylic acids is 3. The SMILES string of the molecule is NC(=O)[C@@H]1CC[C@@H]2CN1C(=O)N2OS(=O)(=O)OCOC(=O)C1CC1. The van der Waals surface area contributed by atoms with Crippen LogP contribution in [0.25, 0.3) is 0 Å². The standard InChI is InChI=1S/C12H17N3O8S/c13-10(16)9-4-3-8-5-14(9)12(18)15(8)23-24(19,20)22-6-21-11(17)7-1-2-7/h7-9H,1-6H2,(H2,13,16)/t8-,9+/m1/s1. The summed E-state index contributed by atoms with van der Waals surface area (Å²) >= 11 is 0. The van der Waals surface area contributed by atoms with Gasteiger partial charge in [-0.25, -0.2) is 8.98 Å². The Kier molecular flexibility index (Phi) is 4.36. The molecule has 1 saturated carbocycles. The van der Waals surface area contributed by atoms with Crippen molar-refractivity contribution in [2.75, 3.05) is 13.3 Å². The number of hydrogen-bond acceptors (Lipinski definition) is 8. The molecule has 2 saturated heterocycles. The molecular formula is C12H17N3O8S. The number of amides is 3. The van der Waals surface area contributed by atoms with Crippen LogP contribution in [0.4, 0.5) is 4.79 Å². The molecule has 2 heterocycles. The number of urea groups is 1. The van der Waals surface area contributed by atoms with Crippen molar-refractivity contribution in [3.63, 3.8) is 0 Å². The zero-order chi connectivity index (χ0) is 17.5. The highest BCUT2D eigenvalue weighted by Crippen LogP contribution is 2.31. The van der Waals surface area contributed by atoms with Gasteiger partial charge in [0.2, 0.25) is 12.7 Å². The number of hydrogen-bond donors (Lipinski definition) is 1. The number of nitrogens with two attached hydrogens (primary N) is 1. The number of fused-ring (bicyclic) bond motifs is 2. The predicted molar refractivity (Wildman–Crippen MR) is 74.7 cm³/mol. The van der Waals surface area contributed by atoms with Crippen LogP contribution >= 0.6 is 0 Å². The van der Waals surface area contributed by atoms with Gasteiger partial charge in [0, 0.05) is 6.54 Å². The van der Waals surface area contributed by atoms with Crippen molar-refractivity contribution < 1.29 is 36.0 Å². The topological polar surface area (TPSA) is 146 Å². The van der Waals surface area contributed by atoms with E-state index in [2.05, 4.69) is 13.2 Å². The summed E-state index contributed by atoms with van der Waals surface area (Å²) < 4.78 is 37.2. The van der Waals surface area contributed by atoms with E-state index in [0.29, 0.717) is 30.7 Å². The minimum atomic E-state index is -4.59. The number of carbonyl (C=O) groups is 3. The summed E-state index contributed by atoms with van der Waals surface area (Å²) in [6.45, 7) is -0.684. The first-order valence-electron chi connectivity index (χ1n) is 7.43. The largest absolute Gasteiger partial charge is 0.437 e. The maximum Gasteiger partial charge on any atom is 0.424 e. The van der Waals surface area contributed by atoms with E-state index in [1.165, 1.54) is 4.90 Å². The molecule has 0 spiro atoms. The van der Waals surface area contributed by atoms with Gasteiger partial charge in [-0.15, -0.1) is 4.28 Å². The van der Waals surface area contributed by atoms with Crippen molar-refractivity contribution >= 4 is 28.3 Å². The van der Waals surface area contributed by atoms with Gasteiger partial charge in [0.05, 0.1) is 12.0 Å². The predicted octanol–water partition coefficient (Wildman–Crippen LogP) is -1.16. The summed E-state index contributed by atoms with van der Waals surface area (Å²) in [4.78, 5) is 35.9. The van der Waals surface area contributed by atoms with Crippen molar-refractivity contribution in [3.8, 4) is 0 Å². The molecule has 0 unspecified atom stereocenters. The lowest BCUT2D eigenvalue weighted by molar-refractivity contribution is -0.152. The molecule has 2 aliphatic heterocycles. The van der Waals surface area contributed by atoms with Crippen LogP contribution in [-0.4, -0.2) is 61.7 Å². The second-order valence-corrected chi connectivity index (χ2v) is 7.07. The van der Waals surface area contributed by atoms with Crippen molar-refractivity contribution in [2.45, 2.75) is 37.8 Å². The van der Waals surface area contributed by atoms with Crippen LogP contribution in [0.5, 0.6) is 0 Å². The van der Waals surface area contributed by atoms with Gasteiger partial charge in [0.1, 0.15) is 6.04 Å². The summed E-state index contributed by atoms with van der Waals surface area (Å²) in [7, 11) is -4.59. The molecule has 2 atom stereocenters. The summed E-state index contributed by atoms with van der Waals surface area (Å²) in [5.74, 6) is -1.39. The average molecular weight is 363 g/mol. The van der Waals surface area contributed by atoms with E-state index in [-0.39, 0.29) is 12.5 Å². The number of esters is 1. The lowest BCUT2D eigenvalue weighted by atomic mass is 10.0. The number of rotatable bonds is 7. The minimum Gasteiger partial charge on any atom is -0.437 e. The third kappa shape index (κ3) is 3.44. The molecule has 12 heteroatoms. The number of nitrogens with zero attached hydrogens (tertiary/aromatic N) is 2. The maximum absolute atomic E-state index is 12.2. The second kappa shape index (κ2) is 6.18. The number of hydroxylamine groups is 2.